The molecule has 1 aromatic carbocycles. The maximum absolute atomic E-state index is 11.3. The van der Waals surface area contributed by atoms with Gasteiger partial charge in [-0.2, -0.15) is 0 Å². The topological polar surface area (TPSA) is 59.4 Å². The Hall–Kier alpha value is -1.88. The number of nitrogens with zero attached hydrogens (tertiary/aromatic N) is 1. The van der Waals surface area contributed by atoms with Gasteiger partial charge in [-0.25, -0.2) is 9.78 Å². The number of carboxylic acids is 1. The number of carboxylic acid groups (broad SMARTS) is 1. The minimum Gasteiger partial charge on any atom is -0.494 e. The maximum atomic E-state index is 11.3. The van der Waals surface area contributed by atoms with Crippen LogP contribution < -0.4 is 4.74 Å². The summed E-state index contributed by atoms with van der Waals surface area (Å²) in [6.07, 6.45) is 3.07. The second kappa shape index (κ2) is 5.85. The Morgan fingerprint density at radius 1 is 1.38 bits per heavy atom. The van der Waals surface area contributed by atoms with Gasteiger partial charge < -0.3 is 9.84 Å². The fourth-order valence-electron chi connectivity index (χ4n) is 2.16. The molecule has 1 N–H and O–H groups in total. The van der Waals surface area contributed by atoms with Crippen LogP contribution in [0.5, 0.6) is 5.75 Å². The molecule has 110 valence electrons. The van der Waals surface area contributed by atoms with Crippen molar-refractivity contribution < 1.29 is 14.6 Å². The highest BCUT2D eigenvalue weighted by atomic mass is 32.1. The average molecular weight is 303 g/mol. The quantitative estimate of drug-likeness (QED) is 0.870. The van der Waals surface area contributed by atoms with Crippen LogP contribution in [0.15, 0.2) is 24.3 Å². The highest BCUT2D eigenvalue weighted by Crippen LogP contribution is 2.44. The average Bonchev–Trinajstić information content (AvgIpc) is 3.24. The van der Waals surface area contributed by atoms with Crippen LogP contribution in [0.2, 0.25) is 0 Å². The fourth-order valence-corrected chi connectivity index (χ4v) is 3.15. The Balaban J connectivity index is 1.86. The van der Waals surface area contributed by atoms with Gasteiger partial charge in [0, 0.05) is 11.5 Å². The Morgan fingerprint density at radius 3 is 2.67 bits per heavy atom. The number of carbonyl (C=O) groups is 1. The molecule has 2 aromatic rings. The summed E-state index contributed by atoms with van der Waals surface area (Å²) in [5.74, 6) is 0.301. The molecule has 0 unspecified atom stereocenters. The molecule has 1 heterocycles. The highest BCUT2D eigenvalue weighted by molar-refractivity contribution is 7.17. The largest absolute Gasteiger partial charge is 0.494 e. The summed E-state index contributed by atoms with van der Waals surface area (Å²) >= 11 is 1.26. The molecule has 21 heavy (non-hydrogen) atoms. The summed E-state index contributed by atoms with van der Waals surface area (Å²) in [6, 6.07) is 7.69. The van der Waals surface area contributed by atoms with Crippen LogP contribution >= 0.6 is 11.3 Å². The lowest BCUT2D eigenvalue weighted by atomic mass is 10.2. The van der Waals surface area contributed by atoms with E-state index >= 15 is 0 Å². The molecule has 1 saturated carbocycles. The highest BCUT2D eigenvalue weighted by Gasteiger charge is 2.32. The molecule has 3 rings (SSSR count). The molecule has 1 aliphatic carbocycles. The van der Waals surface area contributed by atoms with Crippen LogP contribution in [-0.2, 0) is 0 Å². The van der Waals surface area contributed by atoms with Gasteiger partial charge in [0.05, 0.1) is 12.3 Å². The van der Waals surface area contributed by atoms with Gasteiger partial charge in [0.15, 0.2) is 0 Å². The van der Waals surface area contributed by atoms with E-state index in [0.29, 0.717) is 17.4 Å². The van der Waals surface area contributed by atoms with E-state index in [1.54, 1.807) is 0 Å². The van der Waals surface area contributed by atoms with Gasteiger partial charge in [-0.05, 0) is 43.5 Å². The number of hydrogen-bond donors (Lipinski definition) is 1. The first kappa shape index (κ1) is 14.1. The lowest BCUT2D eigenvalue weighted by molar-refractivity contribution is 0.0700. The van der Waals surface area contributed by atoms with Crippen LogP contribution in [0.1, 0.15) is 47.5 Å². The first-order chi connectivity index (χ1) is 10.2. The molecule has 5 heteroatoms. The lowest BCUT2D eigenvalue weighted by Crippen LogP contribution is -1.97. The Kier molecular flexibility index (Phi) is 3.92. The summed E-state index contributed by atoms with van der Waals surface area (Å²) in [4.78, 5) is 16.3. The monoisotopic (exact) mass is 303 g/mol. The van der Waals surface area contributed by atoms with E-state index in [1.807, 2.05) is 24.3 Å². The first-order valence-electron chi connectivity index (χ1n) is 7.16. The standard InChI is InChI=1S/C16H17NO3S/c1-2-9-20-12-7-5-11(6-8-12)15-17-13(10-3-4-10)14(21-15)16(18)19/h5-8,10H,2-4,9H2,1H3,(H,18,19). The molecule has 0 amide bonds. The predicted molar refractivity (Wildman–Crippen MR) is 82.3 cm³/mol. The van der Waals surface area contributed by atoms with E-state index in [-0.39, 0.29) is 0 Å². The number of aromatic nitrogens is 1. The van der Waals surface area contributed by atoms with Gasteiger partial charge in [0.25, 0.3) is 0 Å². The maximum Gasteiger partial charge on any atom is 0.347 e. The molecule has 4 nitrogen and oxygen atoms in total. The molecule has 1 aliphatic rings. The summed E-state index contributed by atoms with van der Waals surface area (Å²) in [7, 11) is 0. The molecule has 0 saturated heterocycles. The van der Waals surface area contributed by atoms with Crippen molar-refractivity contribution in [3.63, 3.8) is 0 Å². The minimum atomic E-state index is -0.872. The van der Waals surface area contributed by atoms with E-state index in [1.165, 1.54) is 11.3 Å². The molecule has 0 spiro atoms. The van der Waals surface area contributed by atoms with Crippen LogP contribution in [0.4, 0.5) is 0 Å². The van der Waals surface area contributed by atoms with Crippen molar-refractivity contribution >= 4 is 17.3 Å². The number of ether oxygens (including phenoxy) is 1. The van der Waals surface area contributed by atoms with Gasteiger partial charge in [0.1, 0.15) is 15.6 Å². The second-order valence-corrected chi connectivity index (χ2v) is 6.18. The zero-order valence-electron chi connectivity index (χ0n) is 11.8. The lowest BCUT2D eigenvalue weighted by Gasteiger charge is -2.04. The number of rotatable bonds is 6. The van der Waals surface area contributed by atoms with Crippen molar-refractivity contribution in [2.24, 2.45) is 0 Å². The SMILES string of the molecule is CCCOc1ccc(-c2nc(C3CC3)c(C(=O)O)s2)cc1. The zero-order chi connectivity index (χ0) is 14.8. The summed E-state index contributed by atoms with van der Waals surface area (Å²) < 4.78 is 5.55. The molecular weight excluding hydrogens is 286 g/mol. The van der Waals surface area contributed by atoms with Crippen molar-refractivity contribution in [1.29, 1.82) is 0 Å². The normalized spacial score (nSPS) is 14.1. The molecule has 0 radical (unpaired) electrons. The number of thiazole rings is 1. The molecular formula is C16H17NO3S. The molecule has 1 aromatic heterocycles. The summed E-state index contributed by atoms with van der Waals surface area (Å²) in [5.41, 5.74) is 1.70. The third kappa shape index (κ3) is 3.08. The van der Waals surface area contributed by atoms with E-state index in [4.69, 9.17) is 4.74 Å². The molecule has 1 fully saturated rings. The number of aromatic carboxylic acids is 1. The third-order valence-corrected chi connectivity index (χ3v) is 4.49. The number of hydrogen-bond acceptors (Lipinski definition) is 4. The van der Waals surface area contributed by atoms with Crippen LogP contribution in [0.25, 0.3) is 10.6 Å². The third-order valence-electron chi connectivity index (χ3n) is 3.39. The van der Waals surface area contributed by atoms with Crippen LogP contribution in [0, 0.1) is 0 Å². The second-order valence-electron chi connectivity index (χ2n) is 5.19. The van der Waals surface area contributed by atoms with Gasteiger partial charge >= 0.3 is 5.97 Å². The van der Waals surface area contributed by atoms with Crippen molar-refractivity contribution in [1.82, 2.24) is 4.98 Å². The Labute approximate surface area is 127 Å². The van der Waals surface area contributed by atoms with Crippen molar-refractivity contribution in [2.75, 3.05) is 6.61 Å². The van der Waals surface area contributed by atoms with Gasteiger partial charge in [-0.15, -0.1) is 11.3 Å². The Bertz CT molecular complexity index is 644. The van der Waals surface area contributed by atoms with E-state index in [0.717, 1.165) is 41.3 Å². The number of benzene rings is 1. The van der Waals surface area contributed by atoms with Crippen molar-refractivity contribution in [3.05, 3.63) is 34.8 Å². The summed E-state index contributed by atoms with van der Waals surface area (Å²) in [5, 5.41) is 10.1. The predicted octanol–water partition coefficient (Wildman–Crippen LogP) is 4.17. The van der Waals surface area contributed by atoms with Crippen molar-refractivity contribution in [3.8, 4) is 16.3 Å². The molecule has 0 aliphatic heterocycles. The molecule has 0 atom stereocenters. The van der Waals surface area contributed by atoms with Gasteiger partial charge in [-0.1, -0.05) is 6.92 Å². The molecule has 0 bridgehead atoms. The van der Waals surface area contributed by atoms with Gasteiger partial charge in [-0.3, -0.25) is 0 Å². The summed E-state index contributed by atoms with van der Waals surface area (Å²) in [6.45, 7) is 2.77. The Morgan fingerprint density at radius 2 is 2.10 bits per heavy atom. The fraction of sp³-hybridized carbons (Fsp3) is 0.375. The van der Waals surface area contributed by atoms with Crippen molar-refractivity contribution in [2.45, 2.75) is 32.1 Å². The zero-order valence-corrected chi connectivity index (χ0v) is 12.7. The van der Waals surface area contributed by atoms with E-state index in [2.05, 4.69) is 11.9 Å². The van der Waals surface area contributed by atoms with Gasteiger partial charge in [0.2, 0.25) is 0 Å². The van der Waals surface area contributed by atoms with E-state index in [9.17, 15) is 9.90 Å². The minimum absolute atomic E-state index is 0.341. The van der Waals surface area contributed by atoms with Crippen LogP contribution in [0.3, 0.4) is 0 Å². The smallest absolute Gasteiger partial charge is 0.347 e. The van der Waals surface area contributed by atoms with E-state index < -0.39 is 5.97 Å². The van der Waals surface area contributed by atoms with Crippen LogP contribution in [-0.4, -0.2) is 22.7 Å². The first-order valence-corrected chi connectivity index (χ1v) is 7.98.